The molecule has 2 aromatic rings. The molecule has 3 rings (SSSR count). The van der Waals surface area contributed by atoms with E-state index in [0.29, 0.717) is 19.1 Å². The van der Waals surface area contributed by atoms with Gasteiger partial charge in [0.05, 0.1) is 25.6 Å². The van der Waals surface area contributed by atoms with Crippen molar-refractivity contribution in [1.82, 2.24) is 0 Å². The number of ether oxygens (including phenoxy) is 2. The van der Waals surface area contributed by atoms with Gasteiger partial charge < -0.3 is 9.47 Å². The predicted molar refractivity (Wildman–Crippen MR) is 108 cm³/mol. The summed E-state index contributed by atoms with van der Waals surface area (Å²) < 4.78 is 94.5. The average molecular weight is 486 g/mol. The molecule has 0 spiro atoms. The molecule has 2 aromatic carbocycles. The number of aliphatic imine (C=N–C) groups is 1. The number of nitrogens with zero attached hydrogens (tertiary/aromatic N) is 2. The highest BCUT2D eigenvalue weighted by Crippen LogP contribution is 2.59. The second kappa shape index (κ2) is 8.84. The number of halogens is 6. The third-order valence-corrected chi connectivity index (χ3v) is 4.96. The molecule has 0 aliphatic carbocycles. The van der Waals surface area contributed by atoms with Gasteiger partial charge in [-0.2, -0.15) is 26.3 Å². The molecule has 12 heteroatoms. The van der Waals surface area contributed by atoms with Crippen LogP contribution >= 0.6 is 0 Å². The van der Waals surface area contributed by atoms with E-state index in [0.717, 1.165) is 0 Å². The minimum Gasteiger partial charge on any atom is -0.468 e. The molecule has 1 aliphatic heterocycles. The molecule has 1 unspecified atom stereocenters. The molecule has 180 valence electrons. The third kappa shape index (κ3) is 3.88. The normalized spacial score (nSPS) is 21.1. The van der Waals surface area contributed by atoms with Gasteiger partial charge in [-0.1, -0.05) is 36.4 Å². The molecule has 1 atom stereocenters. The molecule has 0 aromatic heterocycles. The molecule has 1 aliphatic rings. The molecular formula is C22H16F6N2O4. The summed E-state index contributed by atoms with van der Waals surface area (Å²) in [5.74, 6) is -5.33. The van der Waals surface area contributed by atoms with E-state index in [1.165, 1.54) is 54.6 Å². The first-order valence-electron chi connectivity index (χ1n) is 9.46. The Labute approximate surface area is 189 Å². The highest BCUT2D eigenvalue weighted by molar-refractivity contribution is 6.27. The lowest BCUT2D eigenvalue weighted by molar-refractivity contribution is -0.209. The molecule has 1 fully saturated rings. The van der Waals surface area contributed by atoms with Crippen LogP contribution in [0, 0.1) is 5.41 Å². The molecule has 0 saturated carbocycles. The van der Waals surface area contributed by atoms with Crippen LogP contribution in [0.5, 0.6) is 0 Å². The fourth-order valence-corrected chi connectivity index (χ4v) is 3.55. The maximum atomic E-state index is 14.6. The van der Waals surface area contributed by atoms with Crippen LogP contribution in [0.4, 0.5) is 37.7 Å². The number of hydrogen-bond donors (Lipinski definition) is 0. The Morgan fingerprint density at radius 2 is 1.38 bits per heavy atom. The van der Waals surface area contributed by atoms with Crippen molar-refractivity contribution in [3.8, 4) is 0 Å². The smallest absolute Gasteiger partial charge is 0.425 e. The highest BCUT2D eigenvalue weighted by atomic mass is 19.4. The van der Waals surface area contributed by atoms with Crippen LogP contribution in [0.15, 0.2) is 76.9 Å². The van der Waals surface area contributed by atoms with Crippen LogP contribution in [-0.4, -0.2) is 44.3 Å². The van der Waals surface area contributed by atoms with E-state index in [2.05, 4.69) is 14.5 Å². The number of hydrogen-bond acceptors (Lipinski definition) is 5. The maximum absolute atomic E-state index is 14.6. The Balaban J connectivity index is 2.54. The Morgan fingerprint density at radius 3 is 1.82 bits per heavy atom. The molecule has 0 radical (unpaired) electrons. The van der Waals surface area contributed by atoms with Gasteiger partial charge >= 0.3 is 24.3 Å². The first kappa shape index (κ1) is 24.8. The van der Waals surface area contributed by atoms with E-state index in [1.807, 2.05) is 0 Å². The number of methoxy groups -OCH3 is 2. The number of amidine groups is 1. The second-order valence-electron chi connectivity index (χ2n) is 6.89. The summed E-state index contributed by atoms with van der Waals surface area (Å²) in [6.45, 7) is 0. The molecule has 34 heavy (non-hydrogen) atoms. The van der Waals surface area contributed by atoms with Gasteiger partial charge in [0.25, 0.3) is 5.41 Å². The summed E-state index contributed by atoms with van der Waals surface area (Å²) >= 11 is 0. The van der Waals surface area contributed by atoms with E-state index in [-0.39, 0.29) is 11.4 Å². The summed E-state index contributed by atoms with van der Waals surface area (Å²) in [5, 5.41) is 0. The van der Waals surface area contributed by atoms with E-state index < -0.39 is 46.8 Å². The number of esters is 2. The molecule has 6 nitrogen and oxygen atoms in total. The van der Waals surface area contributed by atoms with E-state index in [4.69, 9.17) is 0 Å². The standard InChI is InChI=1S/C22H16F6N2O4/c1-33-17(31)15(21(23,24)25)16-20(19(32)34-2,22(26,27)28)18(29-13-9-5-3-6-10-13)30(16)14-11-7-4-8-12-14/h3-12H,1-2H3/b16-15+,29-18?. The number of carbonyl (C=O) groups is 2. The highest BCUT2D eigenvalue weighted by Gasteiger charge is 2.78. The number of anilines is 1. The third-order valence-electron chi connectivity index (χ3n) is 4.96. The fourth-order valence-electron chi connectivity index (χ4n) is 3.55. The molecule has 1 saturated heterocycles. The topological polar surface area (TPSA) is 68.2 Å². The van der Waals surface area contributed by atoms with Crippen LogP contribution in [-0.2, 0) is 19.1 Å². The lowest BCUT2D eigenvalue weighted by Crippen LogP contribution is -2.71. The summed E-state index contributed by atoms with van der Waals surface area (Å²) in [6, 6.07) is 13.6. The van der Waals surface area contributed by atoms with Gasteiger partial charge in [-0.15, -0.1) is 0 Å². The van der Waals surface area contributed by atoms with Crippen molar-refractivity contribution >= 4 is 29.1 Å². The number of alkyl halides is 6. The molecular weight excluding hydrogens is 470 g/mol. The molecule has 0 bridgehead atoms. The van der Waals surface area contributed by atoms with Crippen LogP contribution in [0.2, 0.25) is 0 Å². The van der Waals surface area contributed by atoms with Crippen molar-refractivity contribution in [3.63, 3.8) is 0 Å². The average Bonchev–Trinajstić information content (AvgIpc) is 2.77. The van der Waals surface area contributed by atoms with E-state index in [1.54, 1.807) is 6.07 Å². The number of para-hydroxylation sites is 2. The maximum Gasteiger partial charge on any atom is 0.425 e. The van der Waals surface area contributed by atoms with Crippen molar-refractivity contribution in [1.29, 1.82) is 0 Å². The van der Waals surface area contributed by atoms with Crippen molar-refractivity contribution in [2.45, 2.75) is 12.4 Å². The Bertz CT molecular complexity index is 1140. The van der Waals surface area contributed by atoms with Gasteiger partial charge in [0.1, 0.15) is 5.84 Å². The van der Waals surface area contributed by atoms with Crippen LogP contribution in [0.3, 0.4) is 0 Å². The molecule has 0 amide bonds. The monoisotopic (exact) mass is 486 g/mol. The SMILES string of the molecule is COC(=O)/C(=C1\N(c2ccccc2)C(=Nc2ccccc2)C1(C(=O)OC)C(F)(F)F)C(F)(F)F. The van der Waals surface area contributed by atoms with Crippen LogP contribution in [0.1, 0.15) is 0 Å². The minimum absolute atomic E-state index is 0.0818. The van der Waals surface area contributed by atoms with Crippen molar-refractivity contribution in [3.05, 3.63) is 71.9 Å². The van der Waals surface area contributed by atoms with Gasteiger partial charge in [-0.3, -0.25) is 9.69 Å². The number of carbonyl (C=O) groups excluding carboxylic acids is 2. The summed E-state index contributed by atoms with van der Waals surface area (Å²) in [5.41, 5.74) is -8.35. The Hall–Kier alpha value is -3.83. The lowest BCUT2D eigenvalue weighted by atomic mass is 9.70. The second-order valence-corrected chi connectivity index (χ2v) is 6.89. The quantitative estimate of drug-likeness (QED) is 0.348. The zero-order valence-corrected chi connectivity index (χ0v) is 17.6. The van der Waals surface area contributed by atoms with Crippen LogP contribution < -0.4 is 4.90 Å². The first-order valence-corrected chi connectivity index (χ1v) is 9.46. The van der Waals surface area contributed by atoms with E-state index >= 15 is 0 Å². The summed E-state index contributed by atoms with van der Waals surface area (Å²) in [4.78, 5) is 29.2. The van der Waals surface area contributed by atoms with Gasteiger partial charge in [-0.05, 0) is 24.3 Å². The molecule has 1 heterocycles. The van der Waals surface area contributed by atoms with E-state index in [9.17, 15) is 35.9 Å². The number of rotatable bonds is 4. The fraction of sp³-hybridized carbons (Fsp3) is 0.227. The van der Waals surface area contributed by atoms with Crippen molar-refractivity contribution in [2.24, 2.45) is 10.4 Å². The Kier molecular flexibility index (Phi) is 6.45. The zero-order chi connectivity index (χ0) is 25.3. The predicted octanol–water partition coefficient (Wildman–Crippen LogP) is 4.95. The van der Waals surface area contributed by atoms with Gasteiger partial charge in [0, 0.05) is 5.69 Å². The van der Waals surface area contributed by atoms with Gasteiger partial charge in [0.15, 0.2) is 5.57 Å². The van der Waals surface area contributed by atoms with Gasteiger partial charge in [0.2, 0.25) is 0 Å². The Morgan fingerprint density at radius 1 is 0.853 bits per heavy atom. The van der Waals surface area contributed by atoms with Crippen molar-refractivity contribution in [2.75, 3.05) is 19.1 Å². The summed E-state index contributed by atoms with van der Waals surface area (Å²) in [7, 11) is 1.16. The zero-order valence-electron chi connectivity index (χ0n) is 17.6. The largest absolute Gasteiger partial charge is 0.468 e. The first-order chi connectivity index (χ1) is 15.9. The lowest BCUT2D eigenvalue weighted by Gasteiger charge is -2.52. The van der Waals surface area contributed by atoms with Gasteiger partial charge in [-0.25, -0.2) is 9.79 Å². The van der Waals surface area contributed by atoms with Crippen molar-refractivity contribution < 1.29 is 45.4 Å². The number of benzene rings is 2. The minimum atomic E-state index is -5.68. The summed E-state index contributed by atoms with van der Waals surface area (Å²) in [6.07, 6.45) is -11.3. The van der Waals surface area contributed by atoms with Crippen LogP contribution in [0.25, 0.3) is 0 Å². The molecule has 0 N–H and O–H groups in total.